The highest BCUT2D eigenvalue weighted by molar-refractivity contribution is 5.90. The maximum atomic E-state index is 12.7. The summed E-state index contributed by atoms with van der Waals surface area (Å²) in [5.41, 5.74) is 2.19. The van der Waals surface area contributed by atoms with Gasteiger partial charge in [-0.15, -0.1) is 5.10 Å². The summed E-state index contributed by atoms with van der Waals surface area (Å²) < 4.78 is 1.79. The highest BCUT2D eigenvalue weighted by Crippen LogP contribution is 2.27. The molecule has 2 fully saturated rings. The smallest absolute Gasteiger partial charge is 0.291 e. The van der Waals surface area contributed by atoms with Crippen molar-refractivity contribution in [2.45, 2.75) is 70.5 Å². The van der Waals surface area contributed by atoms with Crippen LogP contribution in [0.25, 0.3) is 5.69 Å². The van der Waals surface area contributed by atoms with E-state index in [1.165, 1.54) is 18.4 Å². The molecular weight excluding hydrogens is 326 g/mol. The molecule has 2 bridgehead atoms. The van der Waals surface area contributed by atoms with Gasteiger partial charge < -0.3 is 10.6 Å². The number of benzene rings is 1. The van der Waals surface area contributed by atoms with E-state index in [9.17, 15) is 4.79 Å². The molecule has 6 nitrogen and oxygen atoms in total. The number of para-hydroxylation sites is 1. The number of aromatic nitrogens is 3. The fraction of sp³-hybridized carbons (Fsp3) is 0.550. The summed E-state index contributed by atoms with van der Waals surface area (Å²) in [4.78, 5) is 17.1. The number of carbonyl (C=O) groups excluding carboxylic acids is 1. The summed E-state index contributed by atoms with van der Waals surface area (Å²) in [6, 6.07) is 9.47. The number of amides is 1. The molecular formula is C20H27N5O. The van der Waals surface area contributed by atoms with Crippen molar-refractivity contribution in [3.05, 3.63) is 41.5 Å². The number of hydrogen-bond donors (Lipinski definition) is 2. The van der Waals surface area contributed by atoms with Crippen LogP contribution in [0.2, 0.25) is 0 Å². The first-order chi connectivity index (χ1) is 12.5. The van der Waals surface area contributed by atoms with E-state index in [-0.39, 0.29) is 17.8 Å². The molecule has 2 unspecified atom stereocenters. The van der Waals surface area contributed by atoms with Gasteiger partial charge in [0, 0.05) is 18.1 Å². The van der Waals surface area contributed by atoms with Gasteiger partial charge >= 0.3 is 0 Å². The van der Waals surface area contributed by atoms with Crippen molar-refractivity contribution in [1.82, 2.24) is 25.4 Å². The van der Waals surface area contributed by atoms with E-state index in [0.717, 1.165) is 24.4 Å². The second kappa shape index (κ2) is 6.83. The second-order valence-electron chi connectivity index (χ2n) is 7.89. The van der Waals surface area contributed by atoms with Crippen molar-refractivity contribution in [2.24, 2.45) is 0 Å². The second-order valence-corrected chi connectivity index (χ2v) is 7.89. The maximum Gasteiger partial charge on any atom is 0.291 e. The van der Waals surface area contributed by atoms with Crippen molar-refractivity contribution >= 4 is 5.91 Å². The largest absolute Gasteiger partial charge is 0.346 e. The highest BCUT2D eigenvalue weighted by Gasteiger charge is 2.34. The van der Waals surface area contributed by atoms with Gasteiger partial charge in [-0.1, -0.05) is 32.0 Å². The third kappa shape index (κ3) is 3.26. The van der Waals surface area contributed by atoms with Crippen molar-refractivity contribution < 1.29 is 4.79 Å². The lowest BCUT2D eigenvalue weighted by Gasteiger charge is -2.29. The predicted molar refractivity (Wildman–Crippen MR) is 101 cm³/mol. The van der Waals surface area contributed by atoms with Gasteiger partial charge in [0.25, 0.3) is 5.91 Å². The van der Waals surface area contributed by atoms with Gasteiger partial charge in [-0.05, 0) is 50.2 Å². The molecule has 2 aromatic rings. The normalized spacial score (nSPS) is 24.8. The van der Waals surface area contributed by atoms with Crippen LogP contribution in [-0.2, 0) is 0 Å². The van der Waals surface area contributed by atoms with Crippen molar-refractivity contribution in [3.63, 3.8) is 0 Å². The van der Waals surface area contributed by atoms with Crippen molar-refractivity contribution in [2.75, 3.05) is 0 Å². The van der Waals surface area contributed by atoms with Gasteiger partial charge in [0.1, 0.15) is 5.82 Å². The maximum absolute atomic E-state index is 12.7. The summed E-state index contributed by atoms with van der Waals surface area (Å²) in [7, 11) is 0. The standard InChI is InChI=1S/C20H27N5O/c1-12(2)17-6-4-5-7-18(17)25-13(3)21-19(24-25)20(26)23-16-10-14-8-9-15(11-16)22-14/h4-7,12,14-16,22H,8-11H2,1-3H3,(H,23,26). The zero-order chi connectivity index (χ0) is 18.3. The molecule has 0 spiro atoms. The molecule has 1 aromatic carbocycles. The number of rotatable bonds is 4. The fourth-order valence-corrected chi connectivity index (χ4v) is 4.31. The summed E-state index contributed by atoms with van der Waals surface area (Å²) in [5.74, 6) is 1.19. The van der Waals surface area contributed by atoms with Gasteiger partial charge in [0.05, 0.1) is 5.69 Å². The summed E-state index contributed by atoms with van der Waals surface area (Å²) >= 11 is 0. The first-order valence-corrected chi connectivity index (χ1v) is 9.61. The zero-order valence-corrected chi connectivity index (χ0v) is 15.7. The van der Waals surface area contributed by atoms with Crippen LogP contribution in [0, 0.1) is 6.92 Å². The number of hydrogen-bond acceptors (Lipinski definition) is 4. The van der Waals surface area contributed by atoms with Crippen LogP contribution in [-0.4, -0.2) is 38.8 Å². The number of fused-ring (bicyclic) bond motifs is 2. The average Bonchev–Trinajstić information content (AvgIpc) is 3.17. The molecule has 0 radical (unpaired) electrons. The van der Waals surface area contributed by atoms with E-state index < -0.39 is 0 Å². The van der Waals surface area contributed by atoms with E-state index in [1.54, 1.807) is 4.68 Å². The molecule has 1 amide bonds. The monoisotopic (exact) mass is 353 g/mol. The van der Waals surface area contributed by atoms with Gasteiger partial charge in [-0.3, -0.25) is 4.79 Å². The van der Waals surface area contributed by atoms with Crippen LogP contribution in [0.15, 0.2) is 24.3 Å². The van der Waals surface area contributed by atoms with Crippen LogP contribution in [0.5, 0.6) is 0 Å². The lowest BCUT2D eigenvalue weighted by molar-refractivity contribution is 0.0913. The Morgan fingerprint density at radius 2 is 1.92 bits per heavy atom. The molecule has 2 saturated heterocycles. The molecule has 1 aromatic heterocycles. The quantitative estimate of drug-likeness (QED) is 0.886. The number of piperidine rings is 1. The van der Waals surface area contributed by atoms with E-state index in [2.05, 4.69) is 40.6 Å². The van der Waals surface area contributed by atoms with E-state index in [0.29, 0.717) is 18.0 Å². The molecule has 2 atom stereocenters. The van der Waals surface area contributed by atoms with Gasteiger partial charge in [-0.25, -0.2) is 9.67 Å². The topological polar surface area (TPSA) is 71.8 Å². The van der Waals surface area contributed by atoms with Gasteiger partial charge in [0.15, 0.2) is 0 Å². The van der Waals surface area contributed by atoms with Gasteiger partial charge in [-0.2, -0.15) is 0 Å². The average molecular weight is 353 g/mol. The number of nitrogens with zero attached hydrogens (tertiary/aromatic N) is 3. The van der Waals surface area contributed by atoms with Gasteiger partial charge in [0.2, 0.25) is 5.82 Å². The van der Waals surface area contributed by atoms with E-state index in [4.69, 9.17) is 0 Å². The van der Waals surface area contributed by atoms with E-state index in [1.807, 2.05) is 25.1 Å². The minimum absolute atomic E-state index is 0.167. The number of aryl methyl sites for hydroxylation is 1. The molecule has 0 aliphatic carbocycles. The molecule has 0 saturated carbocycles. The highest BCUT2D eigenvalue weighted by atomic mass is 16.2. The number of carbonyl (C=O) groups is 1. The van der Waals surface area contributed by atoms with Crippen molar-refractivity contribution in [1.29, 1.82) is 0 Å². The zero-order valence-electron chi connectivity index (χ0n) is 15.7. The molecule has 2 N–H and O–H groups in total. The van der Waals surface area contributed by atoms with Crippen molar-refractivity contribution in [3.8, 4) is 5.69 Å². The van der Waals surface area contributed by atoms with Crippen LogP contribution < -0.4 is 10.6 Å². The molecule has 3 heterocycles. The van der Waals surface area contributed by atoms with E-state index >= 15 is 0 Å². The Balaban J connectivity index is 1.54. The first-order valence-electron chi connectivity index (χ1n) is 9.61. The lowest BCUT2D eigenvalue weighted by Crippen LogP contribution is -2.48. The molecule has 6 heteroatoms. The molecule has 2 aliphatic rings. The Morgan fingerprint density at radius 1 is 1.23 bits per heavy atom. The molecule has 4 rings (SSSR count). The van der Waals surface area contributed by atoms with Crippen LogP contribution in [0.3, 0.4) is 0 Å². The fourth-order valence-electron chi connectivity index (χ4n) is 4.31. The minimum Gasteiger partial charge on any atom is -0.346 e. The minimum atomic E-state index is -0.167. The molecule has 26 heavy (non-hydrogen) atoms. The first kappa shape index (κ1) is 17.2. The summed E-state index contributed by atoms with van der Waals surface area (Å²) in [5, 5.41) is 11.3. The molecule has 2 aliphatic heterocycles. The Hall–Kier alpha value is -2.21. The summed E-state index contributed by atoms with van der Waals surface area (Å²) in [6.07, 6.45) is 4.43. The Bertz CT molecular complexity index is 800. The summed E-state index contributed by atoms with van der Waals surface area (Å²) in [6.45, 7) is 6.21. The Kier molecular flexibility index (Phi) is 4.53. The van der Waals surface area contributed by atoms with Crippen LogP contribution in [0.1, 0.15) is 67.5 Å². The number of nitrogens with one attached hydrogen (secondary N) is 2. The predicted octanol–water partition coefficient (Wildman–Crippen LogP) is 2.71. The Labute approximate surface area is 154 Å². The van der Waals surface area contributed by atoms with Crippen LogP contribution in [0.4, 0.5) is 0 Å². The third-order valence-corrected chi connectivity index (χ3v) is 5.57. The lowest BCUT2D eigenvalue weighted by atomic mass is 10.00. The SMILES string of the molecule is Cc1nc(C(=O)NC2CC3CCC(C2)N3)nn1-c1ccccc1C(C)C. The van der Waals surface area contributed by atoms with Crippen LogP contribution >= 0.6 is 0 Å². The third-order valence-electron chi connectivity index (χ3n) is 5.57. The molecule has 138 valence electrons. The Morgan fingerprint density at radius 3 is 2.62 bits per heavy atom.